The number of Topliss-reactive ketones (excluding diaryl/α,β-unsaturated/α-hetero) is 1. The average Bonchev–Trinajstić information content (AvgIpc) is 3.36. The maximum atomic E-state index is 13.8. The third kappa shape index (κ3) is 7.62. The molecule has 2 fully saturated rings. The molecule has 232 valence electrons. The second kappa shape index (κ2) is 13.3. The number of aromatic nitrogens is 2. The molecule has 0 radical (unpaired) electrons. The molecular formula is C32H43N5O6. The number of nitrogens with one attached hydrogen (secondary N) is 4. The van der Waals surface area contributed by atoms with Crippen molar-refractivity contribution in [2.24, 2.45) is 11.8 Å². The summed E-state index contributed by atoms with van der Waals surface area (Å²) in [6.07, 6.45) is 8.76. The molecule has 2 heterocycles. The molecule has 5 unspecified atom stereocenters. The van der Waals surface area contributed by atoms with Gasteiger partial charge in [0.15, 0.2) is 5.78 Å². The Morgan fingerprint density at radius 3 is 2.42 bits per heavy atom. The highest BCUT2D eigenvalue weighted by molar-refractivity contribution is 5.98. The van der Waals surface area contributed by atoms with Crippen molar-refractivity contribution in [3.05, 3.63) is 47.3 Å². The summed E-state index contributed by atoms with van der Waals surface area (Å²) >= 11 is 0. The van der Waals surface area contributed by atoms with E-state index in [0.717, 1.165) is 48.9 Å². The lowest BCUT2D eigenvalue weighted by molar-refractivity contribution is -0.134. The number of methoxy groups -OCH3 is 1. The quantitative estimate of drug-likeness (QED) is 0.260. The van der Waals surface area contributed by atoms with Gasteiger partial charge in [0.05, 0.1) is 26.0 Å². The van der Waals surface area contributed by atoms with Crippen molar-refractivity contribution in [1.29, 1.82) is 0 Å². The SMILES string of the molecule is COc1ccc(CC(NC(=O)C(C)NC(=O)C2CCc3[nH]ncc3C2)C(=O)NC(CC2CCCC2)C(=O)C2(C)CO2)cc1. The van der Waals surface area contributed by atoms with Crippen LogP contribution in [0.5, 0.6) is 5.75 Å². The zero-order valence-electron chi connectivity index (χ0n) is 25.2. The Hall–Kier alpha value is -3.73. The third-order valence-corrected chi connectivity index (χ3v) is 9.15. The molecule has 11 heteroatoms. The summed E-state index contributed by atoms with van der Waals surface area (Å²) in [5.74, 6) is -0.468. The van der Waals surface area contributed by atoms with E-state index in [1.807, 2.05) is 12.1 Å². The topological polar surface area (TPSA) is 155 Å². The minimum atomic E-state index is -0.963. The Kier molecular flexibility index (Phi) is 9.49. The van der Waals surface area contributed by atoms with Crippen LogP contribution in [-0.4, -0.2) is 71.1 Å². The highest BCUT2D eigenvalue weighted by Crippen LogP contribution is 2.33. The maximum Gasteiger partial charge on any atom is 0.243 e. The number of ether oxygens (including phenoxy) is 2. The van der Waals surface area contributed by atoms with Crippen LogP contribution < -0.4 is 20.7 Å². The first kappa shape index (κ1) is 30.7. The number of fused-ring (bicyclic) bond motifs is 1. The number of amides is 3. The van der Waals surface area contributed by atoms with E-state index in [-0.39, 0.29) is 24.0 Å². The van der Waals surface area contributed by atoms with Gasteiger partial charge in [0.1, 0.15) is 23.4 Å². The predicted octanol–water partition coefficient (Wildman–Crippen LogP) is 2.18. The predicted molar refractivity (Wildman–Crippen MR) is 158 cm³/mol. The molecule has 2 aliphatic carbocycles. The van der Waals surface area contributed by atoms with Crippen molar-refractivity contribution >= 4 is 23.5 Å². The monoisotopic (exact) mass is 593 g/mol. The number of ketones is 1. The molecule has 1 aromatic carbocycles. The molecule has 2 aromatic rings. The molecule has 0 spiro atoms. The number of carbonyl (C=O) groups is 4. The first-order valence-corrected chi connectivity index (χ1v) is 15.4. The fourth-order valence-electron chi connectivity index (χ4n) is 6.24. The van der Waals surface area contributed by atoms with Crippen molar-refractivity contribution in [3.63, 3.8) is 0 Å². The summed E-state index contributed by atoms with van der Waals surface area (Å²) in [6, 6.07) is 4.74. The van der Waals surface area contributed by atoms with Crippen molar-refractivity contribution in [2.75, 3.05) is 13.7 Å². The van der Waals surface area contributed by atoms with Crippen LogP contribution in [0.25, 0.3) is 0 Å². The highest BCUT2D eigenvalue weighted by Gasteiger charge is 2.50. The van der Waals surface area contributed by atoms with Gasteiger partial charge in [0, 0.05) is 18.0 Å². The van der Waals surface area contributed by atoms with Gasteiger partial charge in [0.2, 0.25) is 17.7 Å². The largest absolute Gasteiger partial charge is 0.497 e. The molecule has 1 saturated carbocycles. The van der Waals surface area contributed by atoms with Gasteiger partial charge in [-0.05, 0) is 68.7 Å². The molecule has 1 aromatic heterocycles. The number of hydrogen-bond donors (Lipinski definition) is 4. The summed E-state index contributed by atoms with van der Waals surface area (Å²) in [7, 11) is 1.58. The van der Waals surface area contributed by atoms with Crippen LogP contribution in [0.4, 0.5) is 0 Å². The van der Waals surface area contributed by atoms with E-state index in [1.165, 1.54) is 0 Å². The van der Waals surface area contributed by atoms with Gasteiger partial charge in [-0.1, -0.05) is 37.8 Å². The highest BCUT2D eigenvalue weighted by atomic mass is 16.6. The van der Waals surface area contributed by atoms with Gasteiger partial charge in [0.25, 0.3) is 0 Å². The minimum Gasteiger partial charge on any atom is -0.497 e. The third-order valence-electron chi connectivity index (χ3n) is 9.15. The van der Waals surface area contributed by atoms with Gasteiger partial charge < -0.3 is 25.4 Å². The van der Waals surface area contributed by atoms with Gasteiger partial charge in [-0.2, -0.15) is 5.10 Å². The number of nitrogens with zero attached hydrogens (tertiary/aromatic N) is 1. The molecule has 1 saturated heterocycles. The number of aryl methyl sites for hydroxylation is 1. The number of aromatic amines is 1. The number of benzene rings is 1. The standard InChI is InChI=1S/C32H43N5O6/c1-19(34-30(40)22-10-13-25-23(16-22)17-33-37-25)29(39)36-27(15-21-8-11-24(42-3)12-9-21)31(41)35-26(14-20-6-4-5-7-20)28(38)32(2)18-43-32/h8-9,11-12,17,19-20,22,26-27H,4-7,10,13-16,18H2,1-3H3,(H,33,37)(H,34,40)(H,35,41)(H,36,39). The number of H-pyrrole nitrogens is 1. The number of hydrogen-bond acceptors (Lipinski definition) is 7. The van der Waals surface area contributed by atoms with Crippen LogP contribution in [0.1, 0.15) is 69.2 Å². The number of carbonyl (C=O) groups excluding carboxylic acids is 4. The first-order chi connectivity index (χ1) is 20.6. The lowest BCUT2D eigenvalue weighted by Gasteiger charge is -2.27. The van der Waals surface area contributed by atoms with Crippen LogP contribution in [0.15, 0.2) is 30.5 Å². The van der Waals surface area contributed by atoms with Crippen LogP contribution in [0, 0.1) is 11.8 Å². The molecule has 0 bridgehead atoms. The molecule has 1 aliphatic heterocycles. The van der Waals surface area contributed by atoms with Crippen LogP contribution >= 0.6 is 0 Å². The van der Waals surface area contributed by atoms with E-state index < -0.39 is 35.5 Å². The van der Waals surface area contributed by atoms with Gasteiger partial charge >= 0.3 is 0 Å². The van der Waals surface area contributed by atoms with E-state index in [4.69, 9.17) is 9.47 Å². The average molecular weight is 594 g/mol. The fraction of sp³-hybridized carbons (Fsp3) is 0.594. The second-order valence-corrected chi connectivity index (χ2v) is 12.5. The number of rotatable bonds is 13. The molecule has 3 amide bonds. The van der Waals surface area contributed by atoms with Gasteiger partial charge in [-0.3, -0.25) is 24.3 Å². The fourth-order valence-corrected chi connectivity index (χ4v) is 6.24. The molecule has 3 aliphatic rings. The Labute approximate surface area is 252 Å². The zero-order valence-corrected chi connectivity index (χ0v) is 25.2. The van der Waals surface area contributed by atoms with Crippen LogP contribution in [-0.2, 0) is 43.2 Å². The molecular weight excluding hydrogens is 550 g/mol. The number of epoxide rings is 1. The lowest BCUT2D eigenvalue weighted by atomic mass is 9.87. The van der Waals surface area contributed by atoms with E-state index in [0.29, 0.717) is 37.5 Å². The Bertz CT molecular complexity index is 1310. The first-order valence-electron chi connectivity index (χ1n) is 15.4. The molecule has 11 nitrogen and oxygen atoms in total. The smallest absolute Gasteiger partial charge is 0.243 e. The summed E-state index contributed by atoms with van der Waals surface area (Å²) in [5, 5.41) is 15.7. The lowest BCUT2D eigenvalue weighted by Crippen LogP contribution is -2.57. The molecule has 5 atom stereocenters. The molecule has 5 rings (SSSR count). The van der Waals surface area contributed by atoms with Crippen molar-refractivity contribution < 1.29 is 28.7 Å². The summed E-state index contributed by atoms with van der Waals surface area (Å²) in [6.45, 7) is 3.71. The van der Waals surface area contributed by atoms with Gasteiger partial charge in [-0.25, -0.2) is 0 Å². The Balaban J connectivity index is 1.26. The van der Waals surface area contributed by atoms with Crippen LogP contribution in [0.3, 0.4) is 0 Å². The summed E-state index contributed by atoms with van der Waals surface area (Å²) in [5.41, 5.74) is 2.01. The van der Waals surface area contributed by atoms with Gasteiger partial charge in [-0.15, -0.1) is 0 Å². The van der Waals surface area contributed by atoms with E-state index in [2.05, 4.69) is 26.1 Å². The molecule has 4 N–H and O–H groups in total. The Morgan fingerprint density at radius 1 is 1.05 bits per heavy atom. The molecule has 43 heavy (non-hydrogen) atoms. The maximum absolute atomic E-state index is 13.8. The van der Waals surface area contributed by atoms with Crippen molar-refractivity contribution in [1.82, 2.24) is 26.1 Å². The summed E-state index contributed by atoms with van der Waals surface area (Å²) < 4.78 is 10.7. The zero-order chi connectivity index (χ0) is 30.6. The van der Waals surface area contributed by atoms with E-state index >= 15 is 0 Å². The van der Waals surface area contributed by atoms with Crippen molar-refractivity contribution in [2.45, 2.75) is 95.4 Å². The van der Waals surface area contributed by atoms with Crippen molar-refractivity contribution in [3.8, 4) is 5.75 Å². The Morgan fingerprint density at radius 2 is 1.74 bits per heavy atom. The van der Waals surface area contributed by atoms with Crippen LogP contribution in [0.2, 0.25) is 0 Å². The van der Waals surface area contributed by atoms with E-state index in [1.54, 1.807) is 39.3 Å². The minimum absolute atomic E-state index is 0.129. The second-order valence-electron chi connectivity index (χ2n) is 12.5. The normalized spacial score (nSPS) is 23.4. The van der Waals surface area contributed by atoms with E-state index in [9.17, 15) is 19.2 Å². The summed E-state index contributed by atoms with van der Waals surface area (Å²) in [4.78, 5) is 53.6.